The normalized spacial score (nSPS) is 11.6. The van der Waals surface area contributed by atoms with Crippen molar-refractivity contribution >= 4 is 39.2 Å². The zero-order valence-corrected chi connectivity index (χ0v) is 16.6. The second-order valence-corrected chi connectivity index (χ2v) is 8.38. The number of anilines is 1. The van der Waals surface area contributed by atoms with Crippen LogP contribution in [0.15, 0.2) is 65.8 Å². The number of nitrogens with zero attached hydrogens (tertiary/aromatic N) is 2. The molecule has 1 N–H and O–H groups in total. The summed E-state index contributed by atoms with van der Waals surface area (Å²) < 4.78 is 56.0. The Labute approximate surface area is 174 Å². The number of aldehydes is 1. The van der Waals surface area contributed by atoms with Crippen LogP contribution in [0.25, 0.3) is 16.8 Å². The molecule has 2 heterocycles. The van der Waals surface area contributed by atoms with Gasteiger partial charge in [-0.25, -0.2) is 22.2 Å². The highest BCUT2D eigenvalue weighted by atomic mass is 35.5. The molecule has 6 nitrogen and oxygen atoms in total. The Morgan fingerprint density at radius 1 is 1.03 bits per heavy atom. The molecule has 0 spiro atoms. The second-order valence-electron chi connectivity index (χ2n) is 6.32. The minimum absolute atomic E-state index is 0.0132. The Bertz CT molecular complexity index is 1400. The molecular formula is C20H12ClF2N3O3S. The first-order valence-electron chi connectivity index (χ1n) is 8.48. The molecule has 4 rings (SSSR count). The summed E-state index contributed by atoms with van der Waals surface area (Å²) in [5.74, 6) is -2.11. The van der Waals surface area contributed by atoms with E-state index in [-0.39, 0.29) is 10.7 Å². The fraction of sp³-hybridized carbons (Fsp3) is 0. The summed E-state index contributed by atoms with van der Waals surface area (Å²) in [5, 5.41) is 0.0853. The molecule has 2 aromatic carbocycles. The molecule has 2 aromatic heterocycles. The van der Waals surface area contributed by atoms with Crippen LogP contribution >= 0.6 is 11.6 Å². The number of carbonyl (C=O) groups excluding carboxylic acids is 1. The predicted molar refractivity (Wildman–Crippen MR) is 108 cm³/mol. The maximum Gasteiger partial charge on any atom is 0.264 e. The van der Waals surface area contributed by atoms with Crippen LogP contribution < -0.4 is 4.72 Å². The molecule has 0 saturated heterocycles. The van der Waals surface area contributed by atoms with E-state index in [2.05, 4.69) is 9.71 Å². The molecule has 4 aromatic rings. The van der Waals surface area contributed by atoms with E-state index in [0.717, 1.165) is 12.1 Å². The van der Waals surface area contributed by atoms with E-state index in [1.54, 1.807) is 28.8 Å². The lowest BCUT2D eigenvalue weighted by atomic mass is 10.1. The molecule has 0 aliphatic rings. The molecule has 0 saturated carbocycles. The molecule has 0 fully saturated rings. The van der Waals surface area contributed by atoms with Crippen molar-refractivity contribution in [1.29, 1.82) is 0 Å². The number of nitrogens with one attached hydrogen (secondary N) is 1. The molecule has 30 heavy (non-hydrogen) atoms. The van der Waals surface area contributed by atoms with Gasteiger partial charge >= 0.3 is 0 Å². The minimum Gasteiger partial charge on any atom is -0.297 e. The molecule has 0 unspecified atom stereocenters. The van der Waals surface area contributed by atoms with Crippen molar-refractivity contribution in [2.75, 3.05) is 4.72 Å². The van der Waals surface area contributed by atoms with E-state index in [4.69, 9.17) is 11.6 Å². The fourth-order valence-electron chi connectivity index (χ4n) is 2.93. The van der Waals surface area contributed by atoms with Crippen molar-refractivity contribution < 1.29 is 22.0 Å². The third-order valence-electron chi connectivity index (χ3n) is 4.38. The van der Waals surface area contributed by atoms with Gasteiger partial charge in [0.15, 0.2) is 6.29 Å². The van der Waals surface area contributed by atoms with Gasteiger partial charge in [0.05, 0.1) is 16.9 Å². The molecule has 0 aliphatic carbocycles. The van der Waals surface area contributed by atoms with Gasteiger partial charge in [-0.2, -0.15) is 0 Å². The number of hydrogen-bond acceptors (Lipinski definition) is 4. The van der Waals surface area contributed by atoms with Crippen LogP contribution in [0.2, 0.25) is 5.02 Å². The zero-order valence-electron chi connectivity index (χ0n) is 15.0. The largest absolute Gasteiger partial charge is 0.297 e. The number of hydrogen-bond donors (Lipinski definition) is 1. The van der Waals surface area contributed by atoms with E-state index < -0.39 is 26.6 Å². The molecule has 0 aliphatic heterocycles. The van der Waals surface area contributed by atoms with Crippen molar-refractivity contribution in [2.24, 2.45) is 0 Å². The molecule has 0 bridgehead atoms. The van der Waals surface area contributed by atoms with Crippen LogP contribution in [0.4, 0.5) is 14.5 Å². The lowest BCUT2D eigenvalue weighted by molar-refractivity contribution is 0.111. The maximum atomic E-state index is 14.0. The molecule has 0 atom stereocenters. The Balaban J connectivity index is 1.74. The zero-order chi connectivity index (χ0) is 21.5. The summed E-state index contributed by atoms with van der Waals surface area (Å²) >= 11 is 6.13. The topological polar surface area (TPSA) is 80.5 Å². The molecule has 0 amide bonds. The number of rotatable bonds is 5. The van der Waals surface area contributed by atoms with Crippen molar-refractivity contribution in [2.45, 2.75) is 4.90 Å². The number of fused-ring (bicyclic) bond motifs is 1. The standard InChI is InChI=1S/C20H12ClF2N3O3S/c21-16-4-1-12(13-2-6-20-24-9-15(11-27)26(20)10-13)7-18(16)25-30(28,29)19-5-3-14(22)8-17(19)23/h1-11,25H. The van der Waals surface area contributed by atoms with Crippen LogP contribution in [-0.2, 0) is 10.0 Å². The van der Waals surface area contributed by atoms with Crippen LogP contribution in [0.1, 0.15) is 10.5 Å². The van der Waals surface area contributed by atoms with Crippen molar-refractivity contribution in [1.82, 2.24) is 9.38 Å². The van der Waals surface area contributed by atoms with E-state index in [9.17, 15) is 22.0 Å². The number of halogens is 3. The highest BCUT2D eigenvalue weighted by Gasteiger charge is 2.21. The van der Waals surface area contributed by atoms with Crippen LogP contribution in [0.5, 0.6) is 0 Å². The molecule has 10 heteroatoms. The summed E-state index contributed by atoms with van der Waals surface area (Å²) in [6, 6.07) is 10.2. The number of benzene rings is 2. The number of sulfonamides is 1. The third-order valence-corrected chi connectivity index (χ3v) is 6.11. The number of aromatic nitrogens is 2. The van der Waals surface area contributed by atoms with Gasteiger partial charge in [-0.15, -0.1) is 0 Å². The van der Waals surface area contributed by atoms with E-state index in [1.165, 1.54) is 18.3 Å². The number of carbonyl (C=O) groups is 1. The van der Waals surface area contributed by atoms with Gasteiger partial charge in [-0.05, 0) is 47.5 Å². The monoisotopic (exact) mass is 447 g/mol. The lowest BCUT2D eigenvalue weighted by Gasteiger charge is -2.12. The Morgan fingerprint density at radius 2 is 1.80 bits per heavy atom. The van der Waals surface area contributed by atoms with E-state index in [1.807, 2.05) is 0 Å². The average molecular weight is 448 g/mol. The van der Waals surface area contributed by atoms with Gasteiger partial charge in [0, 0.05) is 12.3 Å². The number of pyridine rings is 1. The first kappa shape index (κ1) is 20.0. The van der Waals surface area contributed by atoms with Crippen LogP contribution in [-0.4, -0.2) is 24.1 Å². The Kier molecular flexibility index (Phi) is 5.00. The smallest absolute Gasteiger partial charge is 0.264 e. The highest BCUT2D eigenvalue weighted by molar-refractivity contribution is 7.92. The van der Waals surface area contributed by atoms with Gasteiger partial charge in [0.2, 0.25) is 0 Å². The third kappa shape index (κ3) is 3.64. The van der Waals surface area contributed by atoms with Gasteiger partial charge in [-0.3, -0.25) is 13.9 Å². The van der Waals surface area contributed by atoms with E-state index >= 15 is 0 Å². The molecule has 0 radical (unpaired) electrons. The quantitative estimate of drug-likeness (QED) is 0.455. The SMILES string of the molecule is O=Cc1cnc2ccc(-c3ccc(Cl)c(NS(=O)(=O)c4ccc(F)cc4F)c3)cn12. The Morgan fingerprint density at radius 3 is 2.53 bits per heavy atom. The van der Waals surface area contributed by atoms with Crippen molar-refractivity contribution in [3.8, 4) is 11.1 Å². The van der Waals surface area contributed by atoms with Crippen molar-refractivity contribution in [3.05, 3.63) is 83.3 Å². The first-order valence-corrected chi connectivity index (χ1v) is 10.3. The van der Waals surface area contributed by atoms with Gasteiger partial charge in [0.1, 0.15) is 27.9 Å². The van der Waals surface area contributed by atoms with Crippen LogP contribution in [0, 0.1) is 11.6 Å². The summed E-state index contributed by atoms with van der Waals surface area (Å²) in [6.45, 7) is 0. The van der Waals surface area contributed by atoms with Crippen molar-refractivity contribution in [3.63, 3.8) is 0 Å². The maximum absolute atomic E-state index is 14.0. The van der Waals surface area contributed by atoms with E-state index in [0.29, 0.717) is 34.8 Å². The van der Waals surface area contributed by atoms with Gasteiger partial charge in [0.25, 0.3) is 10.0 Å². The minimum atomic E-state index is -4.36. The summed E-state index contributed by atoms with van der Waals surface area (Å²) in [4.78, 5) is 14.6. The van der Waals surface area contributed by atoms with Gasteiger partial charge < -0.3 is 0 Å². The first-order chi connectivity index (χ1) is 14.3. The number of imidazole rings is 1. The summed E-state index contributed by atoms with van der Waals surface area (Å²) in [5.41, 5.74) is 2.19. The molecular weight excluding hydrogens is 436 g/mol. The van der Waals surface area contributed by atoms with Crippen LogP contribution in [0.3, 0.4) is 0 Å². The summed E-state index contributed by atoms with van der Waals surface area (Å²) in [7, 11) is -4.36. The second kappa shape index (κ2) is 7.51. The highest BCUT2D eigenvalue weighted by Crippen LogP contribution is 2.31. The lowest BCUT2D eigenvalue weighted by Crippen LogP contribution is -2.15. The van der Waals surface area contributed by atoms with Gasteiger partial charge in [-0.1, -0.05) is 17.7 Å². The fourth-order valence-corrected chi connectivity index (χ4v) is 4.29. The predicted octanol–water partition coefficient (Wildman–Crippen LogP) is 4.55. The average Bonchev–Trinajstić information content (AvgIpc) is 3.11. The molecule has 152 valence electrons. The summed E-state index contributed by atoms with van der Waals surface area (Å²) in [6.07, 6.45) is 3.78. The Hall–Kier alpha value is -3.30.